The number of ether oxygens (including phenoxy) is 2. The van der Waals surface area contributed by atoms with Crippen molar-refractivity contribution < 1.29 is 32.6 Å². The minimum atomic E-state index is -4.17. The van der Waals surface area contributed by atoms with Crippen molar-refractivity contribution in [2.24, 2.45) is 0 Å². The number of phenolic OH excluding ortho intramolecular Hbond substituents is 1. The van der Waals surface area contributed by atoms with E-state index >= 15 is 0 Å². The molecule has 0 bridgehead atoms. The Morgan fingerprint density at radius 2 is 1.46 bits per heavy atom. The lowest BCUT2D eigenvalue weighted by Gasteiger charge is -2.18. The fraction of sp³-hybridized carbons (Fsp3) is 0.0714. The van der Waals surface area contributed by atoms with Gasteiger partial charge in [0.15, 0.2) is 6.10 Å². The second kappa shape index (κ2) is 11.0. The summed E-state index contributed by atoms with van der Waals surface area (Å²) in [5.41, 5.74) is 0.529. The maximum absolute atomic E-state index is 13.2. The molecule has 0 aromatic heterocycles. The van der Waals surface area contributed by atoms with Crippen LogP contribution in [0.15, 0.2) is 108 Å². The molecule has 1 atom stereocenters. The van der Waals surface area contributed by atoms with Crippen molar-refractivity contribution in [1.82, 2.24) is 0 Å². The van der Waals surface area contributed by atoms with Crippen LogP contribution in [-0.2, 0) is 14.8 Å². The summed E-state index contributed by atoms with van der Waals surface area (Å²) in [4.78, 5) is 26.1. The fourth-order valence-corrected chi connectivity index (χ4v) is 4.70. The van der Waals surface area contributed by atoms with E-state index in [2.05, 4.69) is 4.72 Å². The molecule has 1 unspecified atom stereocenters. The summed E-state index contributed by atoms with van der Waals surface area (Å²) in [6, 6.07) is 26.4. The fourth-order valence-electron chi connectivity index (χ4n) is 3.60. The molecule has 0 saturated heterocycles. The van der Waals surface area contributed by atoms with E-state index in [1.165, 1.54) is 13.2 Å². The molecule has 188 valence electrons. The number of Topliss-reactive ketones (excluding diaryl/α,β-unsaturated/α-hetero) is 1. The van der Waals surface area contributed by atoms with Crippen molar-refractivity contribution in [3.8, 4) is 11.5 Å². The maximum Gasteiger partial charge on any atom is 0.343 e. The van der Waals surface area contributed by atoms with Gasteiger partial charge in [0.05, 0.1) is 17.7 Å². The van der Waals surface area contributed by atoms with Crippen molar-refractivity contribution in [3.63, 3.8) is 0 Å². The minimum absolute atomic E-state index is 0.194. The molecular weight excluding hydrogens is 494 g/mol. The molecule has 0 heterocycles. The first-order valence-corrected chi connectivity index (χ1v) is 12.6. The number of phenols is 1. The van der Waals surface area contributed by atoms with Crippen molar-refractivity contribution >= 4 is 27.5 Å². The molecule has 0 fully saturated rings. The smallest absolute Gasteiger partial charge is 0.343 e. The van der Waals surface area contributed by atoms with Gasteiger partial charge in [-0.1, -0.05) is 72.8 Å². The van der Waals surface area contributed by atoms with Crippen LogP contribution >= 0.6 is 0 Å². The summed E-state index contributed by atoms with van der Waals surface area (Å²) in [5.74, 6) is -1.74. The molecule has 37 heavy (non-hydrogen) atoms. The second-order valence-corrected chi connectivity index (χ2v) is 9.59. The van der Waals surface area contributed by atoms with Crippen LogP contribution in [0.2, 0.25) is 0 Å². The molecule has 4 aromatic carbocycles. The molecule has 4 aromatic rings. The first-order valence-electron chi connectivity index (χ1n) is 11.1. The average Bonchev–Trinajstić information content (AvgIpc) is 2.92. The Bertz CT molecular complexity index is 1520. The average molecular weight is 518 g/mol. The quantitative estimate of drug-likeness (QED) is 0.237. The molecule has 0 saturated carbocycles. The van der Waals surface area contributed by atoms with Gasteiger partial charge in [0, 0.05) is 11.1 Å². The number of methoxy groups -OCH3 is 1. The summed E-state index contributed by atoms with van der Waals surface area (Å²) >= 11 is 0. The Morgan fingerprint density at radius 3 is 2.14 bits per heavy atom. The Labute approximate surface area is 214 Å². The summed E-state index contributed by atoms with van der Waals surface area (Å²) in [6.45, 7) is 0. The number of hydrogen-bond acceptors (Lipinski definition) is 7. The number of esters is 1. The topological polar surface area (TPSA) is 119 Å². The number of hydrogen-bond donors (Lipinski definition) is 2. The lowest BCUT2D eigenvalue weighted by atomic mass is 9.99. The molecule has 0 aliphatic rings. The number of carbonyl (C=O) groups is 2. The SMILES string of the molecule is COc1ccccc1NS(=O)(=O)c1ccc(O)c(C(=O)OC(C(=O)c2ccccc2)c2ccccc2)c1. The molecule has 0 aliphatic heterocycles. The Hall–Kier alpha value is -4.63. The van der Waals surface area contributed by atoms with Crippen LogP contribution in [0, 0.1) is 0 Å². The zero-order valence-electron chi connectivity index (χ0n) is 19.7. The third-order valence-corrected chi connectivity index (χ3v) is 6.84. The van der Waals surface area contributed by atoms with E-state index in [-0.39, 0.29) is 10.6 Å². The van der Waals surface area contributed by atoms with Gasteiger partial charge in [-0.05, 0) is 30.3 Å². The number of benzene rings is 4. The van der Waals surface area contributed by atoms with Gasteiger partial charge >= 0.3 is 5.97 Å². The predicted molar refractivity (Wildman–Crippen MR) is 137 cm³/mol. The van der Waals surface area contributed by atoms with E-state index in [0.717, 1.165) is 18.2 Å². The first-order chi connectivity index (χ1) is 17.8. The van der Waals surface area contributed by atoms with Gasteiger partial charge in [0.2, 0.25) is 5.78 Å². The highest BCUT2D eigenvalue weighted by molar-refractivity contribution is 7.92. The minimum Gasteiger partial charge on any atom is -0.507 e. The highest BCUT2D eigenvalue weighted by Gasteiger charge is 2.29. The molecule has 0 amide bonds. The number of para-hydroxylation sites is 2. The van der Waals surface area contributed by atoms with Crippen LogP contribution < -0.4 is 9.46 Å². The zero-order valence-corrected chi connectivity index (χ0v) is 20.5. The third-order valence-electron chi connectivity index (χ3n) is 5.47. The summed E-state index contributed by atoms with van der Waals surface area (Å²) < 4.78 is 39.2. The molecule has 8 nitrogen and oxygen atoms in total. The molecule has 0 aliphatic carbocycles. The molecule has 4 rings (SSSR count). The van der Waals surface area contributed by atoms with Crippen molar-refractivity contribution in [2.75, 3.05) is 11.8 Å². The van der Waals surface area contributed by atoms with Gasteiger partial charge in [0.1, 0.15) is 17.1 Å². The van der Waals surface area contributed by atoms with E-state index in [1.54, 1.807) is 78.9 Å². The number of ketones is 1. The normalized spacial score (nSPS) is 11.8. The molecular formula is C28H23NO7S. The molecule has 9 heteroatoms. The molecule has 2 N–H and O–H groups in total. The number of sulfonamides is 1. The van der Waals surface area contributed by atoms with Crippen molar-refractivity contribution in [1.29, 1.82) is 0 Å². The summed E-state index contributed by atoms with van der Waals surface area (Å²) in [6.07, 6.45) is -1.32. The van der Waals surface area contributed by atoms with Gasteiger partial charge in [-0.15, -0.1) is 0 Å². The van der Waals surface area contributed by atoms with Gasteiger partial charge < -0.3 is 14.6 Å². The number of rotatable bonds is 9. The maximum atomic E-state index is 13.2. The van der Waals surface area contributed by atoms with Crippen LogP contribution in [0.5, 0.6) is 11.5 Å². The highest BCUT2D eigenvalue weighted by atomic mass is 32.2. The largest absolute Gasteiger partial charge is 0.507 e. The third kappa shape index (κ3) is 5.79. The molecule has 0 radical (unpaired) electrons. The Kier molecular flexibility index (Phi) is 7.55. The van der Waals surface area contributed by atoms with E-state index < -0.39 is 39.2 Å². The monoisotopic (exact) mass is 517 g/mol. The molecule has 0 spiro atoms. The van der Waals surface area contributed by atoms with Crippen LogP contribution in [0.3, 0.4) is 0 Å². The Morgan fingerprint density at radius 1 is 0.838 bits per heavy atom. The number of anilines is 1. The van der Waals surface area contributed by atoms with E-state index in [4.69, 9.17) is 9.47 Å². The lowest BCUT2D eigenvalue weighted by Crippen LogP contribution is -2.21. The van der Waals surface area contributed by atoms with E-state index in [1.807, 2.05) is 0 Å². The Balaban J connectivity index is 1.65. The first kappa shape index (κ1) is 25.5. The standard InChI is InChI=1S/C28H23NO7S/c1-35-25-15-9-8-14-23(25)29-37(33,34)21-16-17-24(30)22(18-21)28(32)36-27(20-12-6-3-7-13-20)26(31)19-10-4-2-5-11-19/h2-18,27,29-30H,1H3. The van der Waals surface area contributed by atoms with E-state index in [9.17, 15) is 23.1 Å². The van der Waals surface area contributed by atoms with Crippen molar-refractivity contribution in [3.05, 3.63) is 120 Å². The van der Waals surface area contributed by atoms with Crippen LogP contribution in [0.4, 0.5) is 5.69 Å². The second-order valence-electron chi connectivity index (χ2n) is 7.91. The van der Waals surface area contributed by atoms with Gasteiger partial charge in [0.25, 0.3) is 10.0 Å². The van der Waals surface area contributed by atoms with Gasteiger partial charge in [-0.2, -0.15) is 0 Å². The van der Waals surface area contributed by atoms with Crippen LogP contribution in [0.1, 0.15) is 32.4 Å². The van der Waals surface area contributed by atoms with Gasteiger partial charge in [-0.25, -0.2) is 13.2 Å². The van der Waals surface area contributed by atoms with Crippen molar-refractivity contribution in [2.45, 2.75) is 11.0 Å². The predicted octanol–water partition coefficient (Wildman–Crippen LogP) is 4.98. The van der Waals surface area contributed by atoms with E-state index in [0.29, 0.717) is 16.9 Å². The summed E-state index contributed by atoms with van der Waals surface area (Å²) in [5, 5.41) is 10.4. The zero-order chi connectivity index (χ0) is 26.4. The summed E-state index contributed by atoms with van der Waals surface area (Å²) in [7, 11) is -2.77. The number of carbonyl (C=O) groups excluding carboxylic acids is 2. The number of nitrogens with one attached hydrogen (secondary N) is 1. The van der Waals surface area contributed by atoms with Gasteiger partial charge in [-0.3, -0.25) is 9.52 Å². The highest BCUT2D eigenvalue weighted by Crippen LogP contribution is 2.30. The van der Waals surface area contributed by atoms with Crippen LogP contribution in [-0.4, -0.2) is 32.4 Å². The lowest BCUT2D eigenvalue weighted by molar-refractivity contribution is 0.0277. The van der Waals surface area contributed by atoms with Crippen LogP contribution in [0.25, 0.3) is 0 Å². The number of aromatic hydroxyl groups is 1.